The Kier molecular flexibility index (Phi) is 7.30. The highest BCUT2D eigenvalue weighted by atomic mass is 79.9. The van der Waals surface area contributed by atoms with Gasteiger partial charge >= 0.3 is 5.97 Å². The van der Waals surface area contributed by atoms with Gasteiger partial charge in [0.1, 0.15) is 0 Å². The third-order valence-electron chi connectivity index (χ3n) is 3.04. The lowest BCUT2D eigenvalue weighted by Gasteiger charge is -2.16. The lowest BCUT2D eigenvalue weighted by Crippen LogP contribution is -2.28. The molecule has 0 heterocycles. The quantitative estimate of drug-likeness (QED) is 0.716. The fourth-order valence-electron chi connectivity index (χ4n) is 1.82. The summed E-state index contributed by atoms with van der Waals surface area (Å²) in [4.78, 5) is 24.6. The van der Waals surface area contributed by atoms with Crippen LogP contribution >= 0.6 is 15.9 Å². The summed E-state index contributed by atoms with van der Waals surface area (Å²) in [6.07, 6.45) is 2.18. The minimum atomic E-state index is -0.236. The number of aryl methyl sites for hydroxylation is 1. The van der Waals surface area contributed by atoms with E-state index >= 15 is 0 Å². The van der Waals surface area contributed by atoms with Gasteiger partial charge in [-0.2, -0.15) is 0 Å². The second-order valence-electron chi connectivity index (χ2n) is 4.62. The van der Waals surface area contributed by atoms with Gasteiger partial charge in [0.25, 0.3) is 0 Å². The number of esters is 1. The van der Waals surface area contributed by atoms with Crippen LogP contribution in [0.1, 0.15) is 24.8 Å². The molecule has 0 bridgehead atoms. The molecule has 1 amide bonds. The second-order valence-corrected chi connectivity index (χ2v) is 5.54. The maximum absolute atomic E-state index is 11.9. The number of carbonyl (C=O) groups is 2. The number of methoxy groups -OCH3 is 1. The average molecular weight is 342 g/mol. The third kappa shape index (κ3) is 6.19. The first-order chi connectivity index (χ1) is 9.52. The average Bonchev–Trinajstić information content (AvgIpc) is 2.44. The van der Waals surface area contributed by atoms with E-state index in [0.29, 0.717) is 25.8 Å². The molecule has 4 nitrogen and oxygen atoms in total. The first kappa shape index (κ1) is 16.7. The Morgan fingerprint density at radius 1 is 1.30 bits per heavy atom. The number of ether oxygens (including phenoxy) is 1. The molecule has 5 heteroatoms. The van der Waals surface area contributed by atoms with Crippen molar-refractivity contribution >= 4 is 27.8 Å². The number of carbonyl (C=O) groups excluding carboxylic acids is 2. The van der Waals surface area contributed by atoms with E-state index in [2.05, 4.69) is 20.7 Å². The Morgan fingerprint density at radius 2 is 2.05 bits per heavy atom. The van der Waals surface area contributed by atoms with Crippen molar-refractivity contribution in [2.75, 3.05) is 20.7 Å². The Balaban J connectivity index is 2.29. The summed E-state index contributed by atoms with van der Waals surface area (Å²) in [6.45, 7) is 0.576. The zero-order valence-electron chi connectivity index (χ0n) is 11.9. The molecule has 0 aromatic heterocycles. The molecule has 0 radical (unpaired) electrons. The summed E-state index contributed by atoms with van der Waals surface area (Å²) in [5.74, 6) is -0.144. The van der Waals surface area contributed by atoms with Crippen LogP contribution in [0, 0.1) is 0 Å². The zero-order chi connectivity index (χ0) is 15.0. The van der Waals surface area contributed by atoms with Gasteiger partial charge < -0.3 is 9.64 Å². The minimum Gasteiger partial charge on any atom is -0.469 e. The second kappa shape index (κ2) is 8.74. The molecule has 0 unspecified atom stereocenters. The van der Waals surface area contributed by atoms with Crippen LogP contribution in [0.4, 0.5) is 0 Å². The molecule has 0 saturated heterocycles. The Labute approximate surface area is 128 Å². The number of hydrogen-bond acceptors (Lipinski definition) is 3. The van der Waals surface area contributed by atoms with Crippen LogP contribution < -0.4 is 0 Å². The number of halogens is 1. The van der Waals surface area contributed by atoms with Crippen LogP contribution in [0.25, 0.3) is 0 Å². The van der Waals surface area contributed by atoms with E-state index in [1.807, 2.05) is 24.3 Å². The summed E-state index contributed by atoms with van der Waals surface area (Å²) >= 11 is 3.41. The van der Waals surface area contributed by atoms with Gasteiger partial charge in [-0.05, 0) is 30.5 Å². The lowest BCUT2D eigenvalue weighted by atomic mass is 10.1. The fourth-order valence-corrected chi connectivity index (χ4v) is 2.27. The van der Waals surface area contributed by atoms with Crippen molar-refractivity contribution in [2.24, 2.45) is 0 Å². The highest BCUT2D eigenvalue weighted by Gasteiger charge is 2.09. The molecular formula is C15H20BrNO3. The zero-order valence-corrected chi connectivity index (χ0v) is 13.5. The maximum atomic E-state index is 11.9. The van der Waals surface area contributed by atoms with Crippen LogP contribution in [0.3, 0.4) is 0 Å². The van der Waals surface area contributed by atoms with E-state index in [1.165, 1.54) is 7.11 Å². The molecule has 0 saturated carbocycles. The van der Waals surface area contributed by atoms with Gasteiger partial charge in [-0.25, -0.2) is 0 Å². The number of nitrogens with zero attached hydrogens (tertiary/aromatic N) is 1. The number of hydrogen-bond donors (Lipinski definition) is 0. The highest BCUT2D eigenvalue weighted by molar-refractivity contribution is 9.10. The highest BCUT2D eigenvalue weighted by Crippen LogP contribution is 2.13. The molecule has 0 N–H and O–H groups in total. The molecule has 1 aromatic carbocycles. The van der Waals surface area contributed by atoms with Crippen LogP contribution in [0.2, 0.25) is 0 Å². The van der Waals surface area contributed by atoms with E-state index in [0.717, 1.165) is 16.5 Å². The molecule has 0 spiro atoms. The van der Waals surface area contributed by atoms with Crippen molar-refractivity contribution in [3.63, 3.8) is 0 Å². The summed E-state index contributed by atoms with van der Waals surface area (Å²) in [7, 11) is 3.13. The van der Waals surface area contributed by atoms with Gasteiger partial charge in [0.05, 0.1) is 7.11 Å². The van der Waals surface area contributed by atoms with Gasteiger partial charge in [-0.1, -0.05) is 28.1 Å². The number of benzene rings is 1. The molecule has 1 rings (SSSR count). The summed E-state index contributed by atoms with van der Waals surface area (Å²) in [5.41, 5.74) is 1.13. The maximum Gasteiger partial charge on any atom is 0.305 e. The van der Waals surface area contributed by atoms with E-state index in [-0.39, 0.29) is 11.9 Å². The molecule has 110 valence electrons. The van der Waals surface area contributed by atoms with Gasteiger partial charge in [0, 0.05) is 30.9 Å². The van der Waals surface area contributed by atoms with E-state index < -0.39 is 0 Å². The molecule has 20 heavy (non-hydrogen) atoms. The van der Waals surface area contributed by atoms with Crippen molar-refractivity contribution in [1.82, 2.24) is 4.90 Å². The summed E-state index contributed by atoms with van der Waals surface area (Å²) in [6, 6.07) is 7.95. The lowest BCUT2D eigenvalue weighted by molar-refractivity contribution is -0.141. The number of amides is 1. The van der Waals surface area contributed by atoms with Gasteiger partial charge in [0.2, 0.25) is 5.91 Å². The Hall–Kier alpha value is -1.36. The van der Waals surface area contributed by atoms with Crippen molar-refractivity contribution in [3.8, 4) is 0 Å². The molecule has 0 aliphatic rings. The van der Waals surface area contributed by atoms with Crippen molar-refractivity contribution in [3.05, 3.63) is 34.3 Å². The van der Waals surface area contributed by atoms with Crippen molar-refractivity contribution in [2.45, 2.75) is 25.7 Å². The van der Waals surface area contributed by atoms with E-state index in [9.17, 15) is 9.59 Å². The molecule has 0 fully saturated rings. The largest absolute Gasteiger partial charge is 0.469 e. The van der Waals surface area contributed by atoms with Crippen LogP contribution in [-0.2, 0) is 20.7 Å². The van der Waals surface area contributed by atoms with E-state index in [1.54, 1.807) is 11.9 Å². The van der Waals surface area contributed by atoms with Gasteiger partial charge in [-0.15, -0.1) is 0 Å². The first-order valence-electron chi connectivity index (χ1n) is 6.58. The smallest absolute Gasteiger partial charge is 0.305 e. The predicted octanol–water partition coefficient (Wildman–Crippen LogP) is 2.79. The molecule has 0 atom stereocenters. The standard InChI is InChI=1S/C15H20BrNO3/c1-17(10-4-7-15(19)20-2)14(18)9-8-12-5-3-6-13(16)11-12/h3,5-6,11H,4,7-10H2,1-2H3. The van der Waals surface area contributed by atoms with Crippen molar-refractivity contribution < 1.29 is 14.3 Å². The van der Waals surface area contributed by atoms with Gasteiger partial charge in [0.15, 0.2) is 0 Å². The first-order valence-corrected chi connectivity index (χ1v) is 7.37. The molecule has 1 aromatic rings. The van der Waals surface area contributed by atoms with Gasteiger partial charge in [-0.3, -0.25) is 9.59 Å². The van der Waals surface area contributed by atoms with Crippen LogP contribution in [0.5, 0.6) is 0 Å². The fraction of sp³-hybridized carbons (Fsp3) is 0.467. The Bertz CT molecular complexity index is 462. The minimum absolute atomic E-state index is 0.0924. The van der Waals surface area contributed by atoms with Crippen LogP contribution in [-0.4, -0.2) is 37.5 Å². The topological polar surface area (TPSA) is 46.6 Å². The SMILES string of the molecule is COC(=O)CCCN(C)C(=O)CCc1cccc(Br)c1. The van der Waals surface area contributed by atoms with E-state index in [4.69, 9.17) is 0 Å². The summed E-state index contributed by atoms with van der Waals surface area (Å²) < 4.78 is 5.58. The predicted molar refractivity (Wildman–Crippen MR) is 81.4 cm³/mol. The van der Waals surface area contributed by atoms with Crippen LogP contribution in [0.15, 0.2) is 28.7 Å². The Morgan fingerprint density at radius 3 is 2.70 bits per heavy atom. The summed E-state index contributed by atoms with van der Waals surface area (Å²) in [5, 5.41) is 0. The van der Waals surface area contributed by atoms with Crippen molar-refractivity contribution in [1.29, 1.82) is 0 Å². The molecule has 0 aliphatic carbocycles. The normalized spacial score (nSPS) is 10.2. The third-order valence-corrected chi connectivity index (χ3v) is 3.54. The number of rotatable bonds is 7. The monoisotopic (exact) mass is 341 g/mol. The molecular weight excluding hydrogens is 322 g/mol. The molecule has 0 aliphatic heterocycles.